The molecule has 0 bridgehead atoms. The van der Waals surface area contributed by atoms with Gasteiger partial charge < -0.3 is 9.84 Å². The van der Waals surface area contributed by atoms with Gasteiger partial charge in [-0.2, -0.15) is 5.10 Å². The van der Waals surface area contributed by atoms with Gasteiger partial charge in [-0.1, -0.05) is 66.7 Å². The molecular weight excluding hydrogens is 376 g/mol. The van der Waals surface area contributed by atoms with Crippen LogP contribution < -0.4 is 4.74 Å². The molecule has 0 saturated carbocycles. The van der Waals surface area contributed by atoms with Gasteiger partial charge in [-0.3, -0.25) is 9.48 Å². The van der Waals surface area contributed by atoms with Gasteiger partial charge in [-0.15, -0.1) is 0 Å². The minimum absolute atomic E-state index is 0.0712. The molecule has 0 aliphatic heterocycles. The minimum Gasteiger partial charge on any atom is -0.481 e. The summed E-state index contributed by atoms with van der Waals surface area (Å²) in [5, 5.41) is 14.2. The molecule has 0 unspecified atom stereocenters. The predicted molar refractivity (Wildman–Crippen MR) is 116 cm³/mol. The van der Waals surface area contributed by atoms with Crippen molar-refractivity contribution in [1.82, 2.24) is 9.78 Å². The summed E-state index contributed by atoms with van der Waals surface area (Å²) in [6, 6.07) is 27.1. The van der Waals surface area contributed by atoms with Crippen LogP contribution in [0.2, 0.25) is 0 Å². The first-order valence-corrected chi connectivity index (χ1v) is 9.76. The van der Waals surface area contributed by atoms with E-state index in [1.54, 1.807) is 0 Å². The van der Waals surface area contributed by atoms with Crippen LogP contribution in [-0.2, 0) is 17.8 Å². The number of carboxylic acids is 1. The van der Waals surface area contributed by atoms with Crippen LogP contribution in [0.5, 0.6) is 11.5 Å². The highest BCUT2D eigenvalue weighted by Crippen LogP contribution is 2.29. The van der Waals surface area contributed by atoms with Gasteiger partial charge in [0.2, 0.25) is 0 Å². The van der Waals surface area contributed by atoms with Crippen molar-refractivity contribution in [3.63, 3.8) is 0 Å². The number of para-hydroxylation sites is 2. The Hall–Kier alpha value is -3.86. The number of aromatic nitrogens is 2. The molecule has 5 heteroatoms. The van der Waals surface area contributed by atoms with Crippen molar-refractivity contribution < 1.29 is 14.6 Å². The van der Waals surface area contributed by atoms with E-state index in [1.165, 1.54) is 0 Å². The van der Waals surface area contributed by atoms with Crippen LogP contribution in [0.25, 0.3) is 11.3 Å². The molecule has 0 atom stereocenters. The average Bonchev–Trinajstić information content (AvgIpc) is 3.06. The van der Waals surface area contributed by atoms with Gasteiger partial charge in [-0.05, 0) is 25.1 Å². The summed E-state index contributed by atoms with van der Waals surface area (Å²) in [5.74, 6) is 0.640. The molecule has 0 saturated heterocycles. The fourth-order valence-corrected chi connectivity index (χ4v) is 3.44. The van der Waals surface area contributed by atoms with Crippen molar-refractivity contribution in [1.29, 1.82) is 0 Å². The fourth-order valence-electron chi connectivity index (χ4n) is 3.44. The Morgan fingerprint density at radius 3 is 2.27 bits per heavy atom. The van der Waals surface area contributed by atoms with Gasteiger partial charge in [-0.25, -0.2) is 0 Å². The lowest BCUT2D eigenvalue weighted by atomic mass is 10.0. The van der Waals surface area contributed by atoms with E-state index in [2.05, 4.69) is 0 Å². The maximum absolute atomic E-state index is 11.5. The first-order chi connectivity index (χ1) is 14.6. The topological polar surface area (TPSA) is 64.3 Å². The molecule has 0 amide bonds. The van der Waals surface area contributed by atoms with E-state index in [1.807, 2.05) is 96.5 Å². The lowest BCUT2D eigenvalue weighted by molar-refractivity contribution is -0.136. The van der Waals surface area contributed by atoms with Gasteiger partial charge in [0.1, 0.15) is 11.5 Å². The maximum atomic E-state index is 11.5. The Labute approximate surface area is 175 Å². The number of nitrogens with zero attached hydrogens (tertiary/aromatic N) is 2. The highest BCUT2D eigenvalue weighted by molar-refractivity contribution is 5.75. The maximum Gasteiger partial charge on any atom is 0.307 e. The Bertz CT molecular complexity index is 1150. The zero-order valence-corrected chi connectivity index (χ0v) is 16.7. The molecule has 0 aliphatic carbocycles. The smallest absolute Gasteiger partial charge is 0.307 e. The molecule has 5 nitrogen and oxygen atoms in total. The summed E-state index contributed by atoms with van der Waals surface area (Å²) in [6.07, 6.45) is -0.0712. The molecule has 1 heterocycles. The number of carboxylic acid groups (broad SMARTS) is 1. The standard InChI is InChI=1S/C25H22N2O3/c1-18-22(16-24(28)29)25(19-10-4-2-5-11-19)26-27(18)17-20-12-8-9-15-23(20)30-21-13-6-3-7-14-21/h2-15H,16-17H2,1H3,(H,28,29). The molecule has 3 aromatic carbocycles. The summed E-state index contributed by atoms with van der Waals surface area (Å²) in [4.78, 5) is 11.5. The summed E-state index contributed by atoms with van der Waals surface area (Å²) in [7, 11) is 0. The molecule has 4 aromatic rings. The molecule has 0 aliphatic rings. The van der Waals surface area contributed by atoms with E-state index in [9.17, 15) is 9.90 Å². The second kappa shape index (κ2) is 8.66. The van der Waals surface area contributed by atoms with Crippen LogP contribution in [0.3, 0.4) is 0 Å². The van der Waals surface area contributed by atoms with Crippen LogP contribution in [0, 0.1) is 6.92 Å². The van der Waals surface area contributed by atoms with Gasteiger partial charge in [0, 0.05) is 22.4 Å². The summed E-state index contributed by atoms with van der Waals surface area (Å²) < 4.78 is 7.93. The van der Waals surface area contributed by atoms with Gasteiger partial charge in [0.05, 0.1) is 18.7 Å². The summed E-state index contributed by atoms with van der Waals surface area (Å²) in [5.41, 5.74) is 4.15. The molecule has 150 valence electrons. The number of rotatable bonds is 7. The van der Waals surface area contributed by atoms with E-state index in [0.717, 1.165) is 33.9 Å². The number of ether oxygens (including phenoxy) is 1. The average molecular weight is 398 g/mol. The van der Waals surface area contributed by atoms with E-state index < -0.39 is 5.97 Å². The lowest BCUT2D eigenvalue weighted by Gasteiger charge is -2.12. The lowest BCUT2D eigenvalue weighted by Crippen LogP contribution is -2.07. The van der Waals surface area contributed by atoms with Crippen molar-refractivity contribution in [2.45, 2.75) is 19.9 Å². The molecular formula is C25H22N2O3. The molecule has 1 aromatic heterocycles. The number of aliphatic carboxylic acids is 1. The Morgan fingerprint density at radius 2 is 1.57 bits per heavy atom. The normalized spacial score (nSPS) is 10.7. The quantitative estimate of drug-likeness (QED) is 0.457. The van der Waals surface area contributed by atoms with Gasteiger partial charge >= 0.3 is 5.97 Å². The highest BCUT2D eigenvalue weighted by atomic mass is 16.5. The second-order valence-electron chi connectivity index (χ2n) is 7.03. The zero-order chi connectivity index (χ0) is 20.9. The van der Waals surface area contributed by atoms with Crippen LogP contribution in [0.4, 0.5) is 0 Å². The van der Waals surface area contributed by atoms with Crippen LogP contribution in [0.15, 0.2) is 84.9 Å². The van der Waals surface area contributed by atoms with Gasteiger partial charge in [0.15, 0.2) is 0 Å². The van der Waals surface area contributed by atoms with Crippen molar-refractivity contribution in [2.24, 2.45) is 0 Å². The number of hydrogen-bond acceptors (Lipinski definition) is 3. The number of carbonyl (C=O) groups is 1. The van der Waals surface area contributed by atoms with Gasteiger partial charge in [0.25, 0.3) is 0 Å². The Kier molecular flexibility index (Phi) is 5.61. The Morgan fingerprint density at radius 1 is 0.933 bits per heavy atom. The predicted octanol–water partition coefficient (Wildman–Crippen LogP) is 5.33. The van der Waals surface area contributed by atoms with E-state index in [0.29, 0.717) is 12.2 Å². The summed E-state index contributed by atoms with van der Waals surface area (Å²) >= 11 is 0. The largest absolute Gasteiger partial charge is 0.481 e. The highest BCUT2D eigenvalue weighted by Gasteiger charge is 2.19. The van der Waals surface area contributed by atoms with E-state index in [4.69, 9.17) is 9.84 Å². The summed E-state index contributed by atoms with van der Waals surface area (Å²) in [6.45, 7) is 2.40. The second-order valence-corrected chi connectivity index (χ2v) is 7.03. The third-order valence-corrected chi connectivity index (χ3v) is 4.97. The molecule has 0 fully saturated rings. The molecule has 0 spiro atoms. The Balaban J connectivity index is 1.71. The molecule has 4 rings (SSSR count). The monoisotopic (exact) mass is 398 g/mol. The first-order valence-electron chi connectivity index (χ1n) is 9.76. The van der Waals surface area contributed by atoms with Crippen molar-refractivity contribution in [2.75, 3.05) is 0 Å². The van der Waals surface area contributed by atoms with Crippen LogP contribution in [-0.4, -0.2) is 20.9 Å². The van der Waals surface area contributed by atoms with Crippen LogP contribution in [0.1, 0.15) is 16.8 Å². The van der Waals surface area contributed by atoms with Crippen molar-refractivity contribution >= 4 is 5.97 Å². The zero-order valence-electron chi connectivity index (χ0n) is 16.7. The minimum atomic E-state index is -0.873. The molecule has 0 radical (unpaired) electrons. The SMILES string of the molecule is Cc1c(CC(=O)O)c(-c2ccccc2)nn1Cc1ccccc1Oc1ccccc1. The van der Waals surface area contributed by atoms with E-state index in [-0.39, 0.29) is 6.42 Å². The number of benzene rings is 3. The third kappa shape index (κ3) is 4.25. The first kappa shape index (κ1) is 19.5. The van der Waals surface area contributed by atoms with Crippen molar-refractivity contribution in [3.8, 4) is 22.8 Å². The van der Waals surface area contributed by atoms with Crippen LogP contribution >= 0.6 is 0 Å². The molecule has 30 heavy (non-hydrogen) atoms. The van der Waals surface area contributed by atoms with Crippen molar-refractivity contribution in [3.05, 3.63) is 102 Å². The molecule has 1 N–H and O–H groups in total. The number of hydrogen-bond donors (Lipinski definition) is 1. The third-order valence-electron chi connectivity index (χ3n) is 4.97. The van der Waals surface area contributed by atoms with E-state index >= 15 is 0 Å². The fraction of sp³-hybridized carbons (Fsp3) is 0.120.